The highest BCUT2D eigenvalue weighted by Crippen LogP contribution is 2.17. The molecule has 2 N–H and O–H groups in total. The lowest BCUT2D eigenvalue weighted by Gasteiger charge is -2.09. The number of hydrogen-bond acceptors (Lipinski definition) is 2. The van der Waals surface area contributed by atoms with Gasteiger partial charge in [-0.1, -0.05) is 25.1 Å². The van der Waals surface area contributed by atoms with E-state index in [9.17, 15) is 4.39 Å². The van der Waals surface area contributed by atoms with Gasteiger partial charge in [-0.2, -0.15) is 0 Å². The first-order valence-corrected chi connectivity index (χ1v) is 6.42. The van der Waals surface area contributed by atoms with Gasteiger partial charge in [0, 0.05) is 12.1 Å². The molecule has 0 saturated carbocycles. The van der Waals surface area contributed by atoms with Crippen LogP contribution in [0.15, 0.2) is 42.5 Å². The monoisotopic (exact) mass is 259 g/mol. The van der Waals surface area contributed by atoms with E-state index in [0.717, 1.165) is 17.7 Å². The Labute approximate surface area is 113 Å². The van der Waals surface area contributed by atoms with Crippen LogP contribution in [0.25, 0.3) is 0 Å². The molecule has 2 rings (SSSR count). The molecule has 0 radical (unpaired) electrons. The van der Waals surface area contributed by atoms with Crippen molar-refractivity contribution >= 4 is 0 Å². The Hall–Kier alpha value is -1.87. The van der Waals surface area contributed by atoms with E-state index >= 15 is 0 Å². The van der Waals surface area contributed by atoms with Crippen molar-refractivity contribution < 1.29 is 9.13 Å². The summed E-state index contributed by atoms with van der Waals surface area (Å²) in [6, 6.07) is 12.9. The standard InChI is InChI=1S/C16H18FNO/c1-2-12-4-3-5-15(9-12)19-11-13-6-7-16(17)14(8-13)10-18/h3-9H,2,10-11,18H2,1H3. The van der Waals surface area contributed by atoms with Gasteiger partial charge in [-0.05, 0) is 41.8 Å². The Morgan fingerprint density at radius 3 is 2.68 bits per heavy atom. The van der Waals surface area contributed by atoms with E-state index in [0.29, 0.717) is 12.2 Å². The first kappa shape index (κ1) is 13.6. The Morgan fingerprint density at radius 1 is 1.11 bits per heavy atom. The van der Waals surface area contributed by atoms with Crippen LogP contribution in [-0.2, 0) is 19.6 Å². The minimum Gasteiger partial charge on any atom is -0.489 e. The highest BCUT2D eigenvalue weighted by atomic mass is 19.1. The zero-order chi connectivity index (χ0) is 13.7. The third-order valence-electron chi connectivity index (χ3n) is 3.04. The van der Waals surface area contributed by atoms with Gasteiger partial charge in [-0.25, -0.2) is 4.39 Å². The fourth-order valence-electron chi connectivity index (χ4n) is 1.90. The quantitative estimate of drug-likeness (QED) is 0.893. The second-order valence-corrected chi connectivity index (χ2v) is 4.42. The van der Waals surface area contributed by atoms with Crippen LogP contribution in [-0.4, -0.2) is 0 Å². The Kier molecular flexibility index (Phi) is 4.53. The second-order valence-electron chi connectivity index (χ2n) is 4.42. The summed E-state index contributed by atoms with van der Waals surface area (Å²) in [5.41, 5.74) is 8.16. The maximum Gasteiger partial charge on any atom is 0.127 e. The van der Waals surface area contributed by atoms with Crippen LogP contribution < -0.4 is 10.5 Å². The van der Waals surface area contributed by atoms with E-state index in [-0.39, 0.29) is 12.4 Å². The molecule has 0 aliphatic rings. The summed E-state index contributed by atoms with van der Waals surface area (Å²) in [6.45, 7) is 2.72. The van der Waals surface area contributed by atoms with Crippen molar-refractivity contribution in [1.29, 1.82) is 0 Å². The molecule has 2 nitrogen and oxygen atoms in total. The van der Waals surface area contributed by atoms with Gasteiger partial charge in [-0.15, -0.1) is 0 Å². The van der Waals surface area contributed by atoms with Gasteiger partial charge in [0.1, 0.15) is 18.2 Å². The van der Waals surface area contributed by atoms with Crippen LogP contribution in [0.3, 0.4) is 0 Å². The molecule has 0 bridgehead atoms. The molecule has 2 aromatic rings. The molecule has 100 valence electrons. The largest absolute Gasteiger partial charge is 0.489 e. The summed E-state index contributed by atoms with van der Waals surface area (Å²) in [5, 5.41) is 0. The van der Waals surface area contributed by atoms with E-state index in [2.05, 4.69) is 13.0 Å². The molecule has 19 heavy (non-hydrogen) atoms. The maximum atomic E-state index is 13.3. The molecule has 0 aromatic heterocycles. The molecule has 0 saturated heterocycles. The summed E-state index contributed by atoms with van der Waals surface area (Å²) in [7, 11) is 0. The van der Waals surface area contributed by atoms with Gasteiger partial charge in [-0.3, -0.25) is 0 Å². The predicted octanol–water partition coefficient (Wildman–Crippen LogP) is 3.43. The number of nitrogens with two attached hydrogens (primary N) is 1. The molecule has 0 spiro atoms. The second kappa shape index (κ2) is 6.34. The molecule has 2 aromatic carbocycles. The predicted molar refractivity (Wildman–Crippen MR) is 74.4 cm³/mol. The summed E-state index contributed by atoms with van der Waals surface area (Å²) in [5.74, 6) is 0.567. The number of benzene rings is 2. The molecular weight excluding hydrogens is 241 g/mol. The van der Waals surface area contributed by atoms with E-state index in [1.165, 1.54) is 11.6 Å². The summed E-state index contributed by atoms with van der Waals surface area (Å²) >= 11 is 0. The van der Waals surface area contributed by atoms with Crippen LogP contribution in [0.2, 0.25) is 0 Å². The van der Waals surface area contributed by atoms with Crippen molar-refractivity contribution in [1.82, 2.24) is 0 Å². The van der Waals surface area contributed by atoms with Crippen LogP contribution >= 0.6 is 0 Å². The molecule has 0 unspecified atom stereocenters. The molecule has 0 fully saturated rings. The average Bonchev–Trinajstić information content (AvgIpc) is 2.46. The van der Waals surface area contributed by atoms with Crippen molar-refractivity contribution in [3.63, 3.8) is 0 Å². The van der Waals surface area contributed by atoms with E-state index in [1.807, 2.05) is 18.2 Å². The lowest BCUT2D eigenvalue weighted by molar-refractivity contribution is 0.305. The zero-order valence-electron chi connectivity index (χ0n) is 11.0. The zero-order valence-corrected chi connectivity index (χ0v) is 11.0. The van der Waals surface area contributed by atoms with Gasteiger partial charge >= 0.3 is 0 Å². The molecule has 0 aliphatic carbocycles. The van der Waals surface area contributed by atoms with Crippen LogP contribution in [0.4, 0.5) is 4.39 Å². The highest BCUT2D eigenvalue weighted by Gasteiger charge is 2.03. The van der Waals surface area contributed by atoms with Crippen LogP contribution in [0, 0.1) is 5.82 Å². The van der Waals surface area contributed by atoms with E-state index in [4.69, 9.17) is 10.5 Å². The molecule has 0 atom stereocenters. The first-order valence-electron chi connectivity index (χ1n) is 6.42. The fraction of sp³-hybridized carbons (Fsp3) is 0.250. The van der Waals surface area contributed by atoms with Gasteiger partial charge in [0.05, 0.1) is 0 Å². The maximum absolute atomic E-state index is 13.3. The normalized spacial score (nSPS) is 10.5. The van der Waals surface area contributed by atoms with Gasteiger partial charge < -0.3 is 10.5 Å². The Morgan fingerprint density at radius 2 is 1.95 bits per heavy atom. The van der Waals surface area contributed by atoms with E-state index in [1.54, 1.807) is 12.1 Å². The van der Waals surface area contributed by atoms with Gasteiger partial charge in [0.25, 0.3) is 0 Å². The smallest absolute Gasteiger partial charge is 0.127 e. The molecule has 0 aliphatic heterocycles. The lowest BCUT2D eigenvalue weighted by Crippen LogP contribution is -2.02. The number of aryl methyl sites for hydroxylation is 1. The summed E-state index contributed by atoms with van der Waals surface area (Å²) in [4.78, 5) is 0. The molecule has 0 heterocycles. The third-order valence-corrected chi connectivity index (χ3v) is 3.04. The molecule has 3 heteroatoms. The van der Waals surface area contributed by atoms with Gasteiger partial charge in [0.2, 0.25) is 0 Å². The lowest BCUT2D eigenvalue weighted by atomic mass is 10.1. The molecule has 0 amide bonds. The van der Waals surface area contributed by atoms with Crippen molar-refractivity contribution in [2.45, 2.75) is 26.5 Å². The Bertz CT molecular complexity index is 554. The summed E-state index contributed by atoms with van der Waals surface area (Å²) in [6.07, 6.45) is 0.977. The first-order chi connectivity index (χ1) is 9.22. The van der Waals surface area contributed by atoms with Crippen molar-refractivity contribution in [2.75, 3.05) is 0 Å². The van der Waals surface area contributed by atoms with Gasteiger partial charge in [0.15, 0.2) is 0 Å². The molecular formula is C16H18FNO. The highest BCUT2D eigenvalue weighted by molar-refractivity contribution is 5.29. The topological polar surface area (TPSA) is 35.2 Å². The number of hydrogen-bond donors (Lipinski definition) is 1. The Balaban J connectivity index is 2.05. The third kappa shape index (κ3) is 3.55. The summed E-state index contributed by atoms with van der Waals surface area (Å²) < 4.78 is 19.0. The van der Waals surface area contributed by atoms with Crippen LogP contribution in [0.5, 0.6) is 5.75 Å². The van der Waals surface area contributed by atoms with E-state index < -0.39 is 0 Å². The van der Waals surface area contributed by atoms with Crippen molar-refractivity contribution in [3.05, 3.63) is 65.0 Å². The number of ether oxygens (including phenoxy) is 1. The SMILES string of the molecule is CCc1cccc(OCc2ccc(F)c(CN)c2)c1. The minimum absolute atomic E-state index is 0.199. The number of halogens is 1. The fourth-order valence-corrected chi connectivity index (χ4v) is 1.90. The van der Waals surface area contributed by atoms with Crippen molar-refractivity contribution in [3.8, 4) is 5.75 Å². The minimum atomic E-state index is -0.265. The van der Waals surface area contributed by atoms with Crippen LogP contribution in [0.1, 0.15) is 23.6 Å². The number of rotatable bonds is 5. The van der Waals surface area contributed by atoms with Crippen molar-refractivity contribution in [2.24, 2.45) is 5.73 Å². The average molecular weight is 259 g/mol.